The van der Waals surface area contributed by atoms with Gasteiger partial charge < -0.3 is 0 Å². The minimum Gasteiger partial charge on any atom is -0.297 e. The van der Waals surface area contributed by atoms with Crippen molar-refractivity contribution < 1.29 is 9.63 Å². The molecule has 1 fully saturated rings. The minimum atomic E-state index is 0.208. The average Bonchev–Trinajstić information content (AvgIpc) is 1.97. The summed E-state index contributed by atoms with van der Waals surface area (Å²) in [4.78, 5) is 15.7. The normalized spacial score (nSPS) is 23.9. The van der Waals surface area contributed by atoms with Gasteiger partial charge in [-0.3, -0.25) is 9.63 Å². The fourth-order valence-electron chi connectivity index (χ4n) is 0.818. The zero-order chi connectivity index (χ0) is 6.69. The number of hydrogen-bond donors (Lipinski definition) is 0. The molecular formula is C6H11NO2. The Labute approximate surface area is 54.5 Å². The number of carbonyl (C=O) groups is 1. The molecule has 3 nitrogen and oxygen atoms in total. The molecule has 1 aliphatic rings. The van der Waals surface area contributed by atoms with Gasteiger partial charge in [0.15, 0.2) is 5.78 Å². The molecule has 0 aromatic heterocycles. The number of Topliss-reactive ketones (excluding diaryl/α,β-unsaturated/α-hetero) is 1. The van der Waals surface area contributed by atoms with Crippen LogP contribution in [0.2, 0.25) is 0 Å². The zero-order valence-electron chi connectivity index (χ0n) is 5.59. The molecule has 0 aromatic carbocycles. The van der Waals surface area contributed by atoms with Crippen LogP contribution >= 0.6 is 0 Å². The highest BCUT2D eigenvalue weighted by Gasteiger charge is 2.09. The molecule has 52 valence electrons. The molecule has 1 heterocycles. The maximum atomic E-state index is 10.7. The number of hydroxylamine groups is 2. The van der Waals surface area contributed by atoms with Crippen LogP contribution in [0, 0.1) is 0 Å². The maximum absolute atomic E-state index is 10.7. The van der Waals surface area contributed by atoms with E-state index >= 15 is 0 Å². The van der Waals surface area contributed by atoms with Crippen molar-refractivity contribution in [1.29, 1.82) is 0 Å². The summed E-state index contributed by atoms with van der Waals surface area (Å²) in [5.74, 6) is 0.208. The first kappa shape index (κ1) is 6.71. The molecule has 0 bridgehead atoms. The fourth-order valence-corrected chi connectivity index (χ4v) is 0.818. The maximum Gasteiger partial charge on any atom is 0.160 e. The van der Waals surface area contributed by atoms with Crippen molar-refractivity contribution >= 4 is 5.78 Å². The van der Waals surface area contributed by atoms with Gasteiger partial charge in [-0.05, 0) is 6.42 Å². The van der Waals surface area contributed by atoms with Crippen molar-refractivity contribution in [2.45, 2.75) is 12.8 Å². The third kappa shape index (κ3) is 2.11. The van der Waals surface area contributed by atoms with Gasteiger partial charge in [-0.1, -0.05) is 0 Å². The van der Waals surface area contributed by atoms with Gasteiger partial charge in [-0.25, -0.2) is 0 Å². The van der Waals surface area contributed by atoms with E-state index in [-0.39, 0.29) is 12.4 Å². The molecule has 1 aliphatic heterocycles. The van der Waals surface area contributed by atoms with Gasteiger partial charge in [0.25, 0.3) is 0 Å². The van der Waals surface area contributed by atoms with Crippen LogP contribution in [0.15, 0.2) is 0 Å². The molecule has 9 heavy (non-hydrogen) atoms. The fraction of sp³-hybridized carbons (Fsp3) is 0.833. The van der Waals surface area contributed by atoms with Crippen molar-refractivity contribution in [3.63, 3.8) is 0 Å². The summed E-state index contributed by atoms with van der Waals surface area (Å²) >= 11 is 0. The van der Waals surface area contributed by atoms with Crippen LogP contribution in [-0.2, 0) is 9.63 Å². The lowest BCUT2D eigenvalue weighted by Gasteiger charge is -2.10. The van der Waals surface area contributed by atoms with Gasteiger partial charge >= 0.3 is 0 Å². The lowest BCUT2D eigenvalue weighted by molar-refractivity contribution is -0.149. The number of hydrogen-bond acceptors (Lipinski definition) is 3. The molecule has 0 radical (unpaired) electrons. The first-order chi connectivity index (χ1) is 4.29. The molecule has 1 saturated heterocycles. The van der Waals surface area contributed by atoms with Crippen molar-refractivity contribution in [3.05, 3.63) is 0 Å². The summed E-state index contributed by atoms with van der Waals surface area (Å²) in [6.45, 7) is 1.13. The Bertz CT molecular complexity index is 114. The van der Waals surface area contributed by atoms with E-state index < -0.39 is 0 Å². The Hall–Kier alpha value is -0.410. The summed E-state index contributed by atoms with van der Waals surface area (Å²) in [7, 11) is 1.85. The van der Waals surface area contributed by atoms with Crippen molar-refractivity contribution in [2.24, 2.45) is 0 Å². The van der Waals surface area contributed by atoms with Crippen LogP contribution < -0.4 is 0 Å². The van der Waals surface area contributed by atoms with Crippen LogP contribution in [0.25, 0.3) is 0 Å². The highest BCUT2D eigenvalue weighted by atomic mass is 16.7. The molecule has 0 spiro atoms. The van der Waals surface area contributed by atoms with Crippen molar-refractivity contribution in [3.8, 4) is 0 Å². The Balaban J connectivity index is 2.34. The van der Waals surface area contributed by atoms with E-state index in [1.54, 1.807) is 5.06 Å². The monoisotopic (exact) mass is 129 g/mol. The largest absolute Gasteiger partial charge is 0.297 e. The third-order valence-corrected chi connectivity index (χ3v) is 1.37. The van der Waals surface area contributed by atoms with Gasteiger partial charge in [0.2, 0.25) is 0 Å². The molecule has 0 aromatic rings. The van der Waals surface area contributed by atoms with Crippen LogP contribution in [0.3, 0.4) is 0 Å². The molecule has 0 atom stereocenters. The second kappa shape index (κ2) is 2.94. The number of carbonyl (C=O) groups excluding carboxylic acids is 1. The van der Waals surface area contributed by atoms with Gasteiger partial charge in [0.1, 0.15) is 6.61 Å². The molecule has 0 saturated carbocycles. The predicted molar refractivity (Wildman–Crippen MR) is 32.8 cm³/mol. The van der Waals surface area contributed by atoms with E-state index in [2.05, 4.69) is 0 Å². The second-order valence-corrected chi connectivity index (χ2v) is 2.27. The number of ketones is 1. The van der Waals surface area contributed by atoms with E-state index in [1.165, 1.54) is 0 Å². The summed E-state index contributed by atoms with van der Waals surface area (Å²) in [5.41, 5.74) is 0. The van der Waals surface area contributed by atoms with Crippen LogP contribution in [0.4, 0.5) is 0 Å². The first-order valence-electron chi connectivity index (χ1n) is 3.15. The van der Waals surface area contributed by atoms with Crippen molar-refractivity contribution in [1.82, 2.24) is 5.06 Å². The third-order valence-electron chi connectivity index (χ3n) is 1.37. The lowest BCUT2D eigenvalue weighted by Crippen LogP contribution is -2.19. The molecule has 1 rings (SSSR count). The SMILES string of the molecule is CN1CCCC(=O)CO1. The van der Waals surface area contributed by atoms with E-state index in [9.17, 15) is 4.79 Å². The first-order valence-corrected chi connectivity index (χ1v) is 3.15. The average molecular weight is 129 g/mol. The smallest absolute Gasteiger partial charge is 0.160 e. The lowest BCUT2D eigenvalue weighted by atomic mass is 10.2. The summed E-state index contributed by atoms with van der Waals surface area (Å²) in [6, 6.07) is 0. The molecule has 3 heteroatoms. The van der Waals surface area contributed by atoms with Gasteiger partial charge in [-0.15, -0.1) is 0 Å². The predicted octanol–water partition coefficient (Wildman–Crippen LogP) is 0.213. The van der Waals surface area contributed by atoms with Gasteiger partial charge in [0.05, 0.1) is 0 Å². The summed E-state index contributed by atoms with van der Waals surface area (Å²) < 4.78 is 0. The molecule has 0 unspecified atom stereocenters. The Kier molecular flexibility index (Phi) is 2.19. The van der Waals surface area contributed by atoms with Gasteiger partial charge in [-0.2, -0.15) is 5.06 Å². The van der Waals surface area contributed by atoms with Crippen molar-refractivity contribution in [2.75, 3.05) is 20.2 Å². The van der Waals surface area contributed by atoms with E-state index in [4.69, 9.17) is 4.84 Å². The standard InChI is InChI=1S/C6H11NO2/c1-7-4-2-3-6(8)5-9-7/h2-5H2,1H3. The Morgan fingerprint density at radius 3 is 3.22 bits per heavy atom. The van der Waals surface area contributed by atoms with Crippen LogP contribution in [0.5, 0.6) is 0 Å². The second-order valence-electron chi connectivity index (χ2n) is 2.27. The quantitative estimate of drug-likeness (QED) is 0.468. The molecular weight excluding hydrogens is 118 g/mol. The highest BCUT2D eigenvalue weighted by Crippen LogP contribution is 2.00. The van der Waals surface area contributed by atoms with Crippen LogP contribution in [0.1, 0.15) is 12.8 Å². The summed E-state index contributed by atoms with van der Waals surface area (Å²) in [6.07, 6.45) is 1.60. The van der Waals surface area contributed by atoms with E-state index in [0.717, 1.165) is 13.0 Å². The number of nitrogens with zero attached hydrogens (tertiary/aromatic N) is 1. The molecule has 0 N–H and O–H groups in total. The van der Waals surface area contributed by atoms with E-state index in [1.807, 2.05) is 7.05 Å². The van der Waals surface area contributed by atoms with Crippen LogP contribution in [-0.4, -0.2) is 31.0 Å². The Morgan fingerprint density at radius 2 is 2.44 bits per heavy atom. The molecule has 0 aliphatic carbocycles. The Morgan fingerprint density at radius 1 is 1.67 bits per heavy atom. The number of rotatable bonds is 0. The van der Waals surface area contributed by atoms with Gasteiger partial charge in [0, 0.05) is 20.0 Å². The van der Waals surface area contributed by atoms with E-state index in [0.29, 0.717) is 6.42 Å². The zero-order valence-corrected chi connectivity index (χ0v) is 5.59. The topological polar surface area (TPSA) is 29.5 Å². The molecule has 0 amide bonds. The highest BCUT2D eigenvalue weighted by molar-refractivity contribution is 5.79. The minimum absolute atomic E-state index is 0.208. The summed E-state index contributed by atoms with van der Waals surface area (Å²) in [5, 5.41) is 1.71.